The zero-order valence-electron chi connectivity index (χ0n) is 14.4. The number of carbonyl (C=O) groups is 1. The number of nitrogens with one attached hydrogen (secondary N) is 1. The van der Waals surface area contributed by atoms with Crippen LogP contribution >= 0.6 is 11.3 Å². The lowest BCUT2D eigenvalue weighted by molar-refractivity contribution is -0.121. The third kappa shape index (κ3) is 3.57. The van der Waals surface area contributed by atoms with Gasteiger partial charge in [0.2, 0.25) is 5.91 Å². The van der Waals surface area contributed by atoms with Crippen LogP contribution < -0.4 is 5.32 Å². The summed E-state index contributed by atoms with van der Waals surface area (Å²) in [4.78, 5) is 16.8. The molecule has 132 valence electrons. The number of nitrogens with zero attached hydrogens (tertiary/aromatic N) is 4. The molecule has 2 aromatic carbocycles. The van der Waals surface area contributed by atoms with E-state index in [1.165, 1.54) is 0 Å². The van der Waals surface area contributed by atoms with Crippen molar-refractivity contribution in [3.8, 4) is 0 Å². The number of hydrogen-bond acceptors (Lipinski definition) is 5. The van der Waals surface area contributed by atoms with Gasteiger partial charge in [0.25, 0.3) is 0 Å². The predicted molar refractivity (Wildman–Crippen MR) is 103 cm³/mol. The Morgan fingerprint density at radius 3 is 2.77 bits per heavy atom. The van der Waals surface area contributed by atoms with E-state index in [1.807, 2.05) is 54.1 Å². The minimum atomic E-state index is -0.0250. The van der Waals surface area contributed by atoms with E-state index in [0.717, 1.165) is 26.3 Å². The van der Waals surface area contributed by atoms with E-state index in [4.69, 9.17) is 0 Å². The molecule has 1 amide bonds. The summed E-state index contributed by atoms with van der Waals surface area (Å²) < 4.78 is 2.99. The van der Waals surface area contributed by atoms with Gasteiger partial charge in [0.1, 0.15) is 5.52 Å². The molecule has 6 nitrogen and oxygen atoms in total. The molecule has 4 rings (SSSR count). The smallest absolute Gasteiger partial charge is 0.220 e. The summed E-state index contributed by atoms with van der Waals surface area (Å²) in [6.07, 6.45) is 1.09. The van der Waals surface area contributed by atoms with Crippen LogP contribution in [0.15, 0.2) is 48.5 Å². The minimum Gasteiger partial charge on any atom is -0.352 e. The SMILES string of the molecule is C[C@H](Cn1nnc2ccccc21)NC(=O)CCc1nc2ccccc2s1. The first-order valence-electron chi connectivity index (χ1n) is 8.61. The van der Waals surface area contributed by atoms with Gasteiger partial charge in [-0.2, -0.15) is 0 Å². The molecule has 0 spiro atoms. The highest BCUT2D eigenvalue weighted by atomic mass is 32.1. The number of amides is 1. The topological polar surface area (TPSA) is 72.7 Å². The molecule has 2 aromatic heterocycles. The maximum Gasteiger partial charge on any atom is 0.220 e. The number of hydrogen-bond donors (Lipinski definition) is 1. The van der Waals surface area contributed by atoms with E-state index in [1.54, 1.807) is 11.3 Å². The summed E-state index contributed by atoms with van der Waals surface area (Å²) in [5.74, 6) is 0.0289. The number of fused-ring (bicyclic) bond motifs is 2. The molecule has 0 aliphatic heterocycles. The summed E-state index contributed by atoms with van der Waals surface area (Å²) in [5.41, 5.74) is 2.84. The van der Waals surface area contributed by atoms with Gasteiger partial charge < -0.3 is 5.32 Å². The number of rotatable bonds is 6. The Morgan fingerprint density at radius 1 is 1.15 bits per heavy atom. The molecule has 2 heterocycles. The molecule has 0 radical (unpaired) electrons. The predicted octanol–water partition coefficient (Wildman–Crippen LogP) is 3.18. The lowest BCUT2D eigenvalue weighted by atomic mass is 10.2. The summed E-state index contributed by atoms with van der Waals surface area (Å²) in [6, 6.07) is 15.8. The van der Waals surface area contributed by atoms with Crippen molar-refractivity contribution in [3.05, 3.63) is 53.5 Å². The fourth-order valence-corrected chi connectivity index (χ4v) is 3.92. The molecule has 1 atom stereocenters. The Balaban J connectivity index is 1.32. The quantitative estimate of drug-likeness (QED) is 0.570. The first kappa shape index (κ1) is 16.7. The van der Waals surface area contributed by atoms with Crippen LogP contribution in [0.4, 0.5) is 0 Å². The molecule has 0 bridgehead atoms. The van der Waals surface area contributed by atoms with Gasteiger partial charge in [0, 0.05) is 18.9 Å². The summed E-state index contributed by atoms with van der Waals surface area (Å²) in [7, 11) is 0. The second-order valence-corrected chi connectivity index (χ2v) is 7.42. The monoisotopic (exact) mass is 365 g/mol. The van der Waals surface area contributed by atoms with Gasteiger partial charge >= 0.3 is 0 Å². The van der Waals surface area contributed by atoms with Gasteiger partial charge in [-0.1, -0.05) is 29.5 Å². The molecular weight excluding hydrogens is 346 g/mol. The molecule has 0 aliphatic carbocycles. The maximum atomic E-state index is 12.3. The molecule has 7 heteroatoms. The fourth-order valence-electron chi connectivity index (χ4n) is 2.95. The molecule has 4 aromatic rings. The Bertz CT molecular complexity index is 1020. The lowest BCUT2D eigenvalue weighted by Crippen LogP contribution is -2.36. The van der Waals surface area contributed by atoms with Crippen molar-refractivity contribution in [3.63, 3.8) is 0 Å². The Labute approximate surface area is 154 Å². The van der Waals surface area contributed by atoms with Crippen LogP contribution in [0.1, 0.15) is 18.4 Å². The van der Waals surface area contributed by atoms with Gasteiger partial charge in [-0.25, -0.2) is 9.67 Å². The van der Waals surface area contributed by atoms with Crippen molar-refractivity contribution < 1.29 is 4.79 Å². The van der Waals surface area contributed by atoms with E-state index in [-0.39, 0.29) is 11.9 Å². The van der Waals surface area contributed by atoms with Crippen LogP contribution in [0, 0.1) is 0 Å². The van der Waals surface area contributed by atoms with E-state index in [9.17, 15) is 4.79 Å². The highest BCUT2D eigenvalue weighted by molar-refractivity contribution is 7.18. The zero-order chi connectivity index (χ0) is 17.9. The third-order valence-corrected chi connectivity index (χ3v) is 5.27. The van der Waals surface area contributed by atoms with E-state index < -0.39 is 0 Å². The van der Waals surface area contributed by atoms with Gasteiger partial charge in [0.15, 0.2) is 0 Å². The van der Waals surface area contributed by atoms with Crippen molar-refractivity contribution in [2.75, 3.05) is 0 Å². The molecular formula is C19H19N5OS. The summed E-state index contributed by atoms with van der Waals surface area (Å²) >= 11 is 1.65. The highest BCUT2D eigenvalue weighted by Gasteiger charge is 2.12. The van der Waals surface area contributed by atoms with E-state index in [2.05, 4.69) is 26.7 Å². The zero-order valence-corrected chi connectivity index (χ0v) is 15.2. The highest BCUT2D eigenvalue weighted by Crippen LogP contribution is 2.22. The van der Waals surface area contributed by atoms with Crippen LogP contribution in [-0.2, 0) is 17.8 Å². The van der Waals surface area contributed by atoms with Crippen LogP contribution in [0.25, 0.3) is 21.3 Å². The number of para-hydroxylation sites is 2. The van der Waals surface area contributed by atoms with Gasteiger partial charge in [0.05, 0.1) is 27.3 Å². The van der Waals surface area contributed by atoms with Crippen LogP contribution in [0.3, 0.4) is 0 Å². The number of aryl methyl sites for hydroxylation is 1. The molecule has 0 saturated heterocycles. The number of aromatic nitrogens is 4. The largest absolute Gasteiger partial charge is 0.352 e. The standard InChI is InChI=1S/C19H19N5OS/c1-13(12-24-16-8-4-2-6-14(16)22-23-24)20-18(25)10-11-19-21-15-7-3-5-9-17(15)26-19/h2-9,13H,10-12H2,1H3,(H,20,25)/t13-/m1/s1. The summed E-state index contributed by atoms with van der Waals surface area (Å²) in [5, 5.41) is 12.3. The average molecular weight is 365 g/mol. The molecule has 26 heavy (non-hydrogen) atoms. The van der Waals surface area contributed by atoms with Crippen LogP contribution in [0.5, 0.6) is 0 Å². The number of carbonyl (C=O) groups excluding carboxylic acids is 1. The van der Waals surface area contributed by atoms with E-state index >= 15 is 0 Å². The molecule has 1 N–H and O–H groups in total. The van der Waals surface area contributed by atoms with Crippen molar-refractivity contribution >= 4 is 38.5 Å². The minimum absolute atomic E-state index is 0.0250. The molecule has 0 saturated carbocycles. The van der Waals surface area contributed by atoms with Gasteiger partial charge in [-0.3, -0.25) is 4.79 Å². The average Bonchev–Trinajstić information content (AvgIpc) is 3.24. The lowest BCUT2D eigenvalue weighted by Gasteiger charge is -2.13. The number of thiazole rings is 1. The second kappa shape index (κ2) is 7.21. The van der Waals surface area contributed by atoms with Gasteiger partial charge in [-0.05, 0) is 31.2 Å². The van der Waals surface area contributed by atoms with Crippen LogP contribution in [-0.4, -0.2) is 31.9 Å². The normalized spacial score (nSPS) is 12.5. The van der Waals surface area contributed by atoms with E-state index in [0.29, 0.717) is 19.4 Å². The Kier molecular flexibility index (Phi) is 4.62. The Morgan fingerprint density at radius 2 is 1.92 bits per heavy atom. The third-order valence-electron chi connectivity index (χ3n) is 4.18. The van der Waals surface area contributed by atoms with Crippen molar-refractivity contribution in [2.24, 2.45) is 0 Å². The van der Waals surface area contributed by atoms with Crippen molar-refractivity contribution in [2.45, 2.75) is 32.4 Å². The van der Waals surface area contributed by atoms with Crippen LogP contribution in [0.2, 0.25) is 0 Å². The first-order valence-corrected chi connectivity index (χ1v) is 9.43. The molecule has 0 aliphatic rings. The molecule has 0 fully saturated rings. The number of benzene rings is 2. The summed E-state index contributed by atoms with van der Waals surface area (Å²) in [6.45, 7) is 2.57. The van der Waals surface area contributed by atoms with Crippen molar-refractivity contribution in [1.29, 1.82) is 0 Å². The fraction of sp³-hybridized carbons (Fsp3) is 0.263. The van der Waals surface area contributed by atoms with Crippen molar-refractivity contribution in [1.82, 2.24) is 25.3 Å². The molecule has 0 unspecified atom stereocenters. The Hall–Kier alpha value is -2.80. The van der Waals surface area contributed by atoms with Gasteiger partial charge in [-0.15, -0.1) is 16.4 Å². The first-order chi connectivity index (χ1) is 12.7. The second-order valence-electron chi connectivity index (χ2n) is 6.30. The maximum absolute atomic E-state index is 12.3.